The second-order valence-electron chi connectivity index (χ2n) is 4.92. The summed E-state index contributed by atoms with van der Waals surface area (Å²) < 4.78 is 0. The molecule has 0 saturated heterocycles. The highest BCUT2D eigenvalue weighted by atomic mass is 16.3. The molecule has 0 saturated carbocycles. The van der Waals surface area contributed by atoms with E-state index in [0.29, 0.717) is 13.1 Å². The predicted octanol–water partition coefficient (Wildman–Crippen LogP) is 2.73. The van der Waals surface area contributed by atoms with Crippen molar-refractivity contribution < 1.29 is 9.90 Å². The maximum absolute atomic E-state index is 12.1. The smallest absolute Gasteiger partial charge is 0.322 e. The average Bonchev–Trinajstić information content (AvgIpc) is 2.48. The molecule has 0 unspecified atom stereocenters. The molecule has 20 heavy (non-hydrogen) atoms. The quantitative estimate of drug-likeness (QED) is 0.899. The van der Waals surface area contributed by atoms with Crippen molar-refractivity contribution in [1.29, 1.82) is 0 Å². The van der Waals surface area contributed by atoms with Crippen molar-refractivity contribution in [1.82, 2.24) is 4.90 Å². The monoisotopic (exact) mass is 268 g/mol. The van der Waals surface area contributed by atoms with Gasteiger partial charge in [-0.3, -0.25) is 0 Å². The summed E-state index contributed by atoms with van der Waals surface area (Å²) in [6.07, 6.45) is 0. The summed E-state index contributed by atoms with van der Waals surface area (Å²) in [6, 6.07) is 15.5. The molecule has 0 radical (unpaired) electrons. The fourth-order valence-electron chi connectivity index (χ4n) is 2.38. The predicted molar refractivity (Wildman–Crippen MR) is 77.1 cm³/mol. The number of hydrogen-bond donors (Lipinski definition) is 2. The molecule has 4 heteroatoms. The molecule has 2 N–H and O–H groups in total. The van der Waals surface area contributed by atoms with Crippen LogP contribution in [0, 0.1) is 0 Å². The number of rotatable bonds is 3. The van der Waals surface area contributed by atoms with Gasteiger partial charge >= 0.3 is 6.03 Å². The molecule has 3 rings (SSSR count). The number of aliphatic hydroxyl groups is 1. The molecule has 4 nitrogen and oxygen atoms in total. The van der Waals surface area contributed by atoms with Gasteiger partial charge < -0.3 is 15.3 Å². The van der Waals surface area contributed by atoms with E-state index in [1.54, 1.807) is 4.90 Å². The van der Waals surface area contributed by atoms with Crippen molar-refractivity contribution in [3.63, 3.8) is 0 Å². The van der Waals surface area contributed by atoms with E-state index in [1.807, 2.05) is 48.5 Å². The molecule has 2 aromatic carbocycles. The van der Waals surface area contributed by atoms with Crippen LogP contribution >= 0.6 is 0 Å². The van der Waals surface area contributed by atoms with Crippen LogP contribution in [0.15, 0.2) is 48.5 Å². The molecule has 0 fully saturated rings. The average molecular weight is 268 g/mol. The minimum Gasteiger partial charge on any atom is -0.392 e. The van der Waals surface area contributed by atoms with E-state index in [9.17, 15) is 4.79 Å². The SMILES string of the molecule is O=C1Nc2cc(CO)ccc2CN1Cc1ccccc1. The normalized spacial score (nSPS) is 13.8. The highest BCUT2D eigenvalue weighted by Gasteiger charge is 2.22. The number of benzene rings is 2. The zero-order valence-electron chi connectivity index (χ0n) is 11.0. The summed E-state index contributed by atoms with van der Waals surface area (Å²) in [5.74, 6) is 0. The fraction of sp³-hybridized carbons (Fsp3) is 0.188. The Bertz CT molecular complexity index is 626. The van der Waals surface area contributed by atoms with Crippen LogP contribution in [0.5, 0.6) is 0 Å². The Labute approximate surface area is 117 Å². The topological polar surface area (TPSA) is 52.6 Å². The van der Waals surface area contributed by atoms with Crippen LogP contribution in [0.4, 0.5) is 10.5 Å². The Morgan fingerprint density at radius 3 is 2.65 bits per heavy atom. The van der Waals surface area contributed by atoms with Gasteiger partial charge in [0.05, 0.1) is 6.61 Å². The van der Waals surface area contributed by atoms with E-state index in [0.717, 1.165) is 22.4 Å². The minimum atomic E-state index is -0.101. The summed E-state index contributed by atoms with van der Waals surface area (Å²) in [5.41, 5.74) is 3.78. The van der Waals surface area contributed by atoms with Gasteiger partial charge in [0.15, 0.2) is 0 Å². The lowest BCUT2D eigenvalue weighted by Crippen LogP contribution is -2.38. The number of amides is 2. The standard InChI is InChI=1S/C16H16N2O2/c19-11-13-6-7-14-10-18(16(20)17-15(14)8-13)9-12-4-2-1-3-5-12/h1-8,19H,9-11H2,(H,17,20). The number of nitrogens with zero attached hydrogens (tertiary/aromatic N) is 1. The van der Waals surface area contributed by atoms with Gasteiger partial charge in [-0.15, -0.1) is 0 Å². The Balaban J connectivity index is 1.81. The first-order chi connectivity index (χ1) is 9.76. The summed E-state index contributed by atoms with van der Waals surface area (Å²) in [6.45, 7) is 1.16. The van der Waals surface area contributed by atoms with E-state index >= 15 is 0 Å². The van der Waals surface area contributed by atoms with Crippen LogP contribution in [0.3, 0.4) is 0 Å². The van der Waals surface area contributed by atoms with E-state index < -0.39 is 0 Å². The molecule has 0 spiro atoms. The third-order valence-corrected chi connectivity index (χ3v) is 3.46. The number of fused-ring (bicyclic) bond motifs is 1. The number of anilines is 1. The Morgan fingerprint density at radius 2 is 1.90 bits per heavy atom. The highest BCUT2D eigenvalue weighted by Crippen LogP contribution is 2.25. The number of carbonyl (C=O) groups excluding carboxylic acids is 1. The second kappa shape index (κ2) is 5.35. The van der Waals surface area contributed by atoms with Crippen molar-refractivity contribution >= 4 is 11.7 Å². The first-order valence-corrected chi connectivity index (χ1v) is 6.59. The van der Waals surface area contributed by atoms with Crippen LogP contribution < -0.4 is 5.32 Å². The third-order valence-electron chi connectivity index (χ3n) is 3.46. The fourth-order valence-corrected chi connectivity index (χ4v) is 2.38. The summed E-state index contributed by atoms with van der Waals surface area (Å²) in [7, 11) is 0. The lowest BCUT2D eigenvalue weighted by atomic mass is 10.1. The molecule has 2 amide bonds. The van der Waals surface area contributed by atoms with E-state index in [1.165, 1.54) is 0 Å². The molecule has 0 aliphatic carbocycles. The van der Waals surface area contributed by atoms with Crippen LogP contribution in [0.2, 0.25) is 0 Å². The largest absolute Gasteiger partial charge is 0.392 e. The highest BCUT2D eigenvalue weighted by molar-refractivity contribution is 5.92. The van der Waals surface area contributed by atoms with E-state index in [-0.39, 0.29) is 12.6 Å². The van der Waals surface area contributed by atoms with Gasteiger partial charge in [-0.05, 0) is 22.8 Å². The number of aliphatic hydroxyl groups excluding tert-OH is 1. The van der Waals surface area contributed by atoms with Crippen LogP contribution in [-0.4, -0.2) is 16.0 Å². The number of nitrogens with one attached hydrogen (secondary N) is 1. The Kier molecular flexibility index (Phi) is 3.39. The van der Waals surface area contributed by atoms with Crippen LogP contribution in [0.25, 0.3) is 0 Å². The molecule has 1 heterocycles. The van der Waals surface area contributed by atoms with Crippen LogP contribution in [-0.2, 0) is 19.7 Å². The molecule has 2 aromatic rings. The van der Waals surface area contributed by atoms with Gasteiger partial charge in [-0.25, -0.2) is 4.79 Å². The lowest BCUT2D eigenvalue weighted by molar-refractivity contribution is 0.204. The van der Waals surface area contributed by atoms with Gasteiger partial charge in [0.25, 0.3) is 0 Å². The number of urea groups is 1. The second-order valence-corrected chi connectivity index (χ2v) is 4.92. The van der Waals surface area contributed by atoms with Crippen molar-refractivity contribution in [3.05, 3.63) is 65.2 Å². The Morgan fingerprint density at radius 1 is 1.10 bits per heavy atom. The third kappa shape index (κ3) is 2.51. The first-order valence-electron chi connectivity index (χ1n) is 6.59. The number of hydrogen-bond acceptors (Lipinski definition) is 2. The van der Waals surface area contributed by atoms with Crippen molar-refractivity contribution in [2.75, 3.05) is 5.32 Å². The summed E-state index contributed by atoms with van der Waals surface area (Å²) in [4.78, 5) is 13.9. The van der Waals surface area contributed by atoms with Crippen LogP contribution in [0.1, 0.15) is 16.7 Å². The summed E-state index contributed by atoms with van der Waals surface area (Å²) in [5, 5.41) is 12.0. The zero-order valence-corrected chi connectivity index (χ0v) is 11.0. The molecule has 1 aliphatic rings. The minimum absolute atomic E-state index is 0.0170. The maximum atomic E-state index is 12.1. The molecule has 1 aliphatic heterocycles. The van der Waals surface area contributed by atoms with Gasteiger partial charge in [-0.2, -0.15) is 0 Å². The van der Waals surface area contributed by atoms with Gasteiger partial charge in [0, 0.05) is 18.8 Å². The van der Waals surface area contributed by atoms with Crippen molar-refractivity contribution in [3.8, 4) is 0 Å². The van der Waals surface area contributed by atoms with Gasteiger partial charge in [0.2, 0.25) is 0 Å². The van der Waals surface area contributed by atoms with E-state index in [4.69, 9.17) is 5.11 Å². The number of carbonyl (C=O) groups is 1. The Hall–Kier alpha value is -2.33. The van der Waals surface area contributed by atoms with E-state index in [2.05, 4.69) is 5.32 Å². The van der Waals surface area contributed by atoms with Gasteiger partial charge in [0.1, 0.15) is 0 Å². The summed E-state index contributed by atoms with van der Waals surface area (Å²) >= 11 is 0. The maximum Gasteiger partial charge on any atom is 0.322 e. The first kappa shape index (κ1) is 12.7. The van der Waals surface area contributed by atoms with Gasteiger partial charge in [-0.1, -0.05) is 42.5 Å². The molecule has 102 valence electrons. The van der Waals surface area contributed by atoms with Crippen molar-refractivity contribution in [2.24, 2.45) is 0 Å². The molecule has 0 bridgehead atoms. The molecule has 0 atom stereocenters. The zero-order chi connectivity index (χ0) is 13.9. The molecular formula is C16H16N2O2. The molecular weight excluding hydrogens is 252 g/mol. The lowest BCUT2D eigenvalue weighted by Gasteiger charge is -2.29. The molecule has 0 aromatic heterocycles. The van der Waals surface area contributed by atoms with Crippen molar-refractivity contribution in [2.45, 2.75) is 19.7 Å².